The second-order valence-corrected chi connectivity index (χ2v) is 4.30. The lowest BCUT2D eigenvalue weighted by molar-refractivity contribution is 0.658. The predicted molar refractivity (Wildman–Crippen MR) is 62.7 cm³/mol. The maximum Gasteiger partial charge on any atom is 0.252 e. The van der Waals surface area contributed by atoms with Crippen LogP contribution in [0.4, 0.5) is 0 Å². The number of benzene rings is 1. The lowest BCUT2D eigenvalue weighted by atomic mass is 10.2. The summed E-state index contributed by atoms with van der Waals surface area (Å²) in [4.78, 5) is 4.03. The molecule has 1 aromatic heterocycles. The monoisotopic (exact) mass is 276 g/mol. The van der Waals surface area contributed by atoms with Crippen molar-refractivity contribution in [2.24, 2.45) is 0 Å². The van der Waals surface area contributed by atoms with E-state index in [-0.39, 0.29) is 5.82 Å². The van der Waals surface area contributed by atoms with Crippen LogP contribution in [0, 0.1) is 18.3 Å². The summed E-state index contributed by atoms with van der Waals surface area (Å²) in [6.07, 6.45) is 0. The van der Waals surface area contributed by atoms with Crippen LogP contribution in [0.3, 0.4) is 0 Å². The molecule has 80 valence electrons. The third-order valence-electron chi connectivity index (χ3n) is 2.18. The minimum Gasteiger partial charge on any atom is -0.245 e. The van der Waals surface area contributed by atoms with Crippen LogP contribution in [-0.4, -0.2) is 14.8 Å². The molecule has 2 rings (SSSR count). The Morgan fingerprint density at radius 3 is 2.94 bits per heavy atom. The molecule has 0 aliphatic carbocycles. The van der Waals surface area contributed by atoms with Gasteiger partial charge in [-0.25, -0.2) is 9.67 Å². The third-order valence-corrected chi connectivity index (χ3v) is 2.67. The standard InChI is InChI=1S/C11H9BrN4/c1-8-14-11(6-13)15-16(8)7-9-3-2-4-10(12)5-9/h2-5H,7H2,1H3. The van der Waals surface area contributed by atoms with E-state index in [0.29, 0.717) is 6.54 Å². The Bertz CT molecular complexity index is 553. The van der Waals surface area contributed by atoms with Crippen LogP contribution in [0.25, 0.3) is 0 Å². The summed E-state index contributed by atoms with van der Waals surface area (Å²) >= 11 is 3.42. The minimum absolute atomic E-state index is 0.215. The summed E-state index contributed by atoms with van der Waals surface area (Å²) in [5.41, 5.74) is 1.12. The van der Waals surface area contributed by atoms with Crippen molar-refractivity contribution in [1.29, 1.82) is 5.26 Å². The molecular formula is C11H9BrN4. The molecule has 0 unspecified atom stereocenters. The molecule has 0 N–H and O–H groups in total. The highest BCUT2D eigenvalue weighted by Crippen LogP contribution is 2.13. The Morgan fingerprint density at radius 1 is 1.50 bits per heavy atom. The van der Waals surface area contributed by atoms with Crippen molar-refractivity contribution in [2.45, 2.75) is 13.5 Å². The number of hydrogen-bond donors (Lipinski definition) is 0. The number of rotatable bonds is 2. The summed E-state index contributed by atoms with van der Waals surface area (Å²) in [6.45, 7) is 2.46. The number of nitrogens with zero attached hydrogens (tertiary/aromatic N) is 4. The molecule has 0 atom stereocenters. The molecule has 0 aliphatic heterocycles. The van der Waals surface area contributed by atoms with Gasteiger partial charge in [0.2, 0.25) is 0 Å². The van der Waals surface area contributed by atoms with Crippen LogP contribution < -0.4 is 0 Å². The minimum atomic E-state index is 0.215. The van der Waals surface area contributed by atoms with E-state index in [4.69, 9.17) is 5.26 Å². The van der Waals surface area contributed by atoms with Crippen LogP contribution in [-0.2, 0) is 6.54 Å². The number of nitriles is 1. The van der Waals surface area contributed by atoms with E-state index in [1.807, 2.05) is 37.3 Å². The summed E-state index contributed by atoms with van der Waals surface area (Å²) < 4.78 is 2.75. The number of halogens is 1. The number of aryl methyl sites for hydroxylation is 1. The zero-order valence-corrected chi connectivity index (χ0v) is 10.3. The molecule has 1 aromatic carbocycles. The first kappa shape index (κ1) is 10.8. The molecule has 0 aliphatic rings. The van der Waals surface area contributed by atoms with Crippen molar-refractivity contribution in [1.82, 2.24) is 14.8 Å². The lowest BCUT2D eigenvalue weighted by Gasteiger charge is -2.03. The Kier molecular flexibility index (Phi) is 3.02. The molecule has 0 radical (unpaired) electrons. The molecule has 16 heavy (non-hydrogen) atoms. The van der Waals surface area contributed by atoms with Crippen molar-refractivity contribution in [2.75, 3.05) is 0 Å². The summed E-state index contributed by atoms with van der Waals surface area (Å²) in [5.74, 6) is 0.962. The molecule has 4 nitrogen and oxygen atoms in total. The Hall–Kier alpha value is -1.67. The van der Waals surface area contributed by atoms with Gasteiger partial charge in [0, 0.05) is 4.47 Å². The highest BCUT2D eigenvalue weighted by molar-refractivity contribution is 9.10. The van der Waals surface area contributed by atoms with Crippen molar-refractivity contribution in [3.8, 4) is 6.07 Å². The van der Waals surface area contributed by atoms with E-state index >= 15 is 0 Å². The second kappa shape index (κ2) is 4.45. The first-order chi connectivity index (χ1) is 7.69. The van der Waals surface area contributed by atoms with Crippen molar-refractivity contribution >= 4 is 15.9 Å². The van der Waals surface area contributed by atoms with E-state index in [2.05, 4.69) is 26.0 Å². The second-order valence-electron chi connectivity index (χ2n) is 3.38. The molecule has 2 aromatic rings. The quantitative estimate of drug-likeness (QED) is 0.846. The van der Waals surface area contributed by atoms with Gasteiger partial charge in [-0.1, -0.05) is 28.1 Å². The zero-order valence-electron chi connectivity index (χ0n) is 8.68. The SMILES string of the molecule is Cc1nc(C#N)nn1Cc1cccc(Br)c1. The Labute approximate surface area is 102 Å². The number of hydrogen-bond acceptors (Lipinski definition) is 3. The van der Waals surface area contributed by atoms with Crippen LogP contribution in [0.2, 0.25) is 0 Å². The maximum absolute atomic E-state index is 8.69. The third kappa shape index (κ3) is 2.28. The van der Waals surface area contributed by atoms with Gasteiger partial charge in [-0.15, -0.1) is 5.10 Å². The molecule has 0 fully saturated rings. The van der Waals surface area contributed by atoms with Crippen molar-refractivity contribution < 1.29 is 0 Å². The first-order valence-electron chi connectivity index (χ1n) is 4.75. The van der Waals surface area contributed by atoms with Gasteiger partial charge >= 0.3 is 0 Å². The van der Waals surface area contributed by atoms with Gasteiger partial charge in [0.05, 0.1) is 6.54 Å². The highest BCUT2D eigenvalue weighted by Gasteiger charge is 2.05. The van der Waals surface area contributed by atoms with Gasteiger partial charge in [-0.05, 0) is 24.6 Å². The number of aromatic nitrogens is 3. The summed E-state index contributed by atoms with van der Waals surface area (Å²) in [7, 11) is 0. The van der Waals surface area contributed by atoms with E-state index in [9.17, 15) is 0 Å². The van der Waals surface area contributed by atoms with Crippen LogP contribution >= 0.6 is 15.9 Å². The van der Waals surface area contributed by atoms with Crippen molar-refractivity contribution in [3.63, 3.8) is 0 Å². The van der Waals surface area contributed by atoms with Crippen LogP contribution in [0.1, 0.15) is 17.2 Å². The van der Waals surface area contributed by atoms with E-state index in [1.165, 1.54) is 0 Å². The molecular weight excluding hydrogens is 268 g/mol. The first-order valence-corrected chi connectivity index (χ1v) is 5.54. The summed E-state index contributed by atoms with van der Waals surface area (Å²) in [5, 5.41) is 12.8. The topological polar surface area (TPSA) is 54.5 Å². The fraction of sp³-hybridized carbons (Fsp3) is 0.182. The summed E-state index contributed by atoms with van der Waals surface area (Å²) in [6, 6.07) is 9.91. The lowest BCUT2D eigenvalue weighted by Crippen LogP contribution is -2.04. The van der Waals surface area contributed by atoms with Gasteiger partial charge in [0.15, 0.2) is 0 Å². The van der Waals surface area contributed by atoms with Crippen LogP contribution in [0.15, 0.2) is 28.7 Å². The average Bonchev–Trinajstić information content (AvgIpc) is 2.60. The molecule has 0 bridgehead atoms. The normalized spacial score (nSPS) is 10.1. The molecule has 0 saturated carbocycles. The van der Waals surface area contributed by atoms with E-state index in [0.717, 1.165) is 15.9 Å². The molecule has 0 amide bonds. The van der Waals surface area contributed by atoms with Gasteiger partial charge in [0.1, 0.15) is 11.9 Å². The predicted octanol–water partition coefficient (Wildman–Crippen LogP) is 2.27. The van der Waals surface area contributed by atoms with Gasteiger partial charge < -0.3 is 0 Å². The van der Waals surface area contributed by atoms with Gasteiger partial charge in [-0.2, -0.15) is 5.26 Å². The molecule has 5 heteroatoms. The van der Waals surface area contributed by atoms with Gasteiger partial charge in [-0.3, -0.25) is 0 Å². The molecule has 1 heterocycles. The van der Waals surface area contributed by atoms with Crippen molar-refractivity contribution in [3.05, 3.63) is 46.0 Å². The van der Waals surface area contributed by atoms with Crippen LogP contribution in [0.5, 0.6) is 0 Å². The fourth-order valence-electron chi connectivity index (χ4n) is 1.43. The fourth-order valence-corrected chi connectivity index (χ4v) is 1.87. The molecule has 0 spiro atoms. The maximum atomic E-state index is 8.69. The average molecular weight is 277 g/mol. The highest BCUT2D eigenvalue weighted by atomic mass is 79.9. The van der Waals surface area contributed by atoms with Gasteiger partial charge in [0.25, 0.3) is 5.82 Å². The zero-order chi connectivity index (χ0) is 11.5. The Morgan fingerprint density at radius 2 is 2.31 bits per heavy atom. The largest absolute Gasteiger partial charge is 0.252 e. The Balaban J connectivity index is 2.27. The smallest absolute Gasteiger partial charge is 0.245 e. The molecule has 0 saturated heterocycles. The van der Waals surface area contributed by atoms with E-state index in [1.54, 1.807) is 4.68 Å². The van der Waals surface area contributed by atoms with E-state index < -0.39 is 0 Å².